The number of aliphatic hydroxyl groups excluding tert-OH is 1. The summed E-state index contributed by atoms with van der Waals surface area (Å²) in [5, 5.41) is 10.1. The molecule has 18 heavy (non-hydrogen) atoms. The van der Waals surface area contributed by atoms with Gasteiger partial charge in [0.25, 0.3) is 0 Å². The van der Waals surface area contributed by atoms with Gasteiger partial charge in [-0.05, 0) is 24.8 Å². The maximum Gasteiger partial charge on any atom is 0.211 e. The van der Waals surface area contributed by atoms with Gasteiger partial charge >= 0.3 is 0 Å². The van der Waals surface area contributed by atoms with Crippen molar-refractivity contribution in [2.45, 2.75) is 31.4 Å². The highest BCUT2D eigenvalue weighted by atomic mass is 32.2. The van der Waals surface area contributed by atoms with Crippen molar-refractivity contribution in [2.75, 3.05) is 12.8 Å². The van der Waals surface area contributed by atoms with Crippen molar-refractivity contribution in [1.82, 2.24) is 4.31 Å². The molecule has 2 atom stereocenters. The van der Waals surface area contributed by atoms with Crippen molar-refractivity contribution < 1.29 is 13.5 Å². The summed E-state index contributed by atoms with van der Waals surface area (Å²) in [4.78, 5) is 0. The zero-order valence-corrected chi connectivity index (χ0v) is 11.3. The summed E-state index contributed by atoms with van der Waals surface area (Å²) in [6, 6.07) is 9.31. The summed E-state index contributed by atoms with van der Waals surface area (Å²) in [6.07, 6.45) is 2.81. The first kappa shape index (κ1) is 13.5. The Balaban J connectivity index is 2.05. The summed E-state index contributed by atoms with van der Waals surface area (Å²) in [5.74, 6) is 0. The molecule has 1 aliphatic heterocycles. The normalized spacial score (nSPS) is 23.1. The van der Waals surface area contributed by atoms with Crippen LogP contribution in [0.3, 0.4) is 0 Å². The number of benzene rings is 1. The van der Waals surface area contributed by atoms with Gasteiger partial charge in [0.15, 0.2) is 0 Å². The van der Waals surface area contributed by atoms with E-state index in [-0.39, 0.29) is 6.04 Å². The number of aliphatic hydroxyl groups is 1. The molecule has 2 unspecified atom stereocenters. The van der Waals surface area contributed by atoms with Crippen LogP contribution in [0.2, 0.25) is 0 Å². The smallest absolute Gasteiger partial charge is 0.211 e. The zero-order chi connectivity index (χ0) is 13.2. The van der Waals surface area contributed by atoms with Crippen molar-refractivity contribution in [3.63, 3.8) is 0 Å². The third kappa shape index (κ3) is 3.10. The van der Waals surface area contributed by atoms with Gasteiger partial charge in [0.1, 0.15) is 0 Å². The Labute approximate surface area is 108 Å². The number of hydrogen-bond donors (Lipinski definition) is 1. The third-order valence-corrected chi connectivity index (χ3v) is 4.76. The summed E-state index contributed by atoms with van der Waals surface area (Å²) < 4.78 is 24.7. The highest BCUT2D eigenvalue weighted by molar-refractivity contribution is 7.88. The van der Waals surface area contributed by atoms with Crippen LogP contribution in [0.5, 0.6) is 0 Å². The van der Waals surface area contributed by atoms with Gasteiger partial charge in [-0.2, -0.15) is 4.31 Å². The van der Waals surface area contributed by atoms with Crippen molar-refractivity contribution >= 4 is 10.0 Å². The molecule has 1 aromatic carbocycles. The summed E-state index contributed by atoms with van der Waals surface area (Å²) in [5.41, 5.74) is 0.845. The minimum Gasteiger partial charge on any atom is -0.388 e. The van der Waals surface area contributed by atoms with E-state index in [1.807, 2.05) is 30.3 Å². The molecular formula is C13H19NO3S. The molecule has 1 saturated heterocycles. The van der Waals surface area contributed by atoms with Crippen LogP contribution in [0, 0.1) is 0 Å². The lowest BCUT2D eigenvalue weighted by Crippen LogP contribution is -2.35. The van der Waals surface area contributed by atoms with Crippen LogP contribution in [0.15, 0.2) is 30.3 Å². The number of rotatable bonds is 4. The molecule has 1 N–H and O–H groups in total. The molecule has 0 spiro atoms. The minimum absolute atomic E-state index is 0.0739. The number of hydrogen-bond acceptors (Lipinski definition) is 3. The lowest BCUT2D eigenvalue weighted by Gasteiger charge is -2.24. The fourth-order valence-corrected chi connectivity index (χ4v) is 3.74. The van der Waals surface area contributed by atoms with E-state index in [0.717, 1.165) is 18.4 Å². The molecule has 0 saturated carbocycles. The first-order chi connectivity index (χ1) is 8.48. The largest absolute Gasteiger partial charge is 0.388 e. The zero-order valence-electron chi connectivity index (χ0n) is 10.5. The van der Waals surface area contributed by atoms with Crippen LogP contribution in [0.1, 0.15) is 30.9 Å². The molecule has 0 radical (unpaired) electrons. The Morgan fingerprint density at radius 1 is 1.39 bits per heavy atom. The average molecular weight is 269 g/mol. The van der Waals surface area contributed by atoms with Crippen molar-refractivity contribution in [1.29, 1.82) is 0 Å². The van der Waals surface area contributed by atoms with Gasteiger partial charge < -0.3 is 5.11 Å². The quantitative estimate of drug-likeness (QED) is 0.902. The molecule has 4 nitrogen and oxygen atoms in total. The SMILES string of the molecule is CS(=O)(=O)N1CCCC1CC(O)c1ccccc1. The predicted molar refractivity (Wildman–Crippen MR) is 70.6 cm³/mol. The maximum atomic E-state index is 11.6. The fourth-order valence-electron chi connectivity index (χ4n) is 2.55. The molecule has 100 valence electrons. The Kier molecular flexibility index (Phi) is 4.04. The van der Waals surface area contributed by atoms with E-state index in [1.54, 1.807) is 0 Å². The fraction of sp³-hybridized carbons (Fsp3) is 0.538. The van der Waals surface area contributed by atoms with Gasteiger partial charge in [0.2, 0.25) is 10.0 Å². The van der Waals surface area contributed by atoms with Crippen molar-refractivity contribution in [2.24, 2.45) is 0 Å². The van der Waals surface area contributed by atoms with E-state index < -0.39 is 16.1 Å². The van der Waals surface area contributed by atoms with Crippen LogP contribution < -0.4 is 0 Å². The van der Waals surface area contributed by atoms with Gasteiger partial charge in [-0.25, -0.2) is 8.42 Å². The maximum absolute atomic E-state index is 11.6. The second kappa shape index (κ2) is 5.38. The molecule has 1 fully saturated rings. The van der Waals surface area contributed by atoms with E-state index in [0.29, 0.717) is 13.0 Å². The van der Waals surface area contributed by atoms with Crippen molar-refractivity contribution in [3.05, 3.63) is 35.9 Å². The third-order valence-electron chi connectivity index (χ3n) is 3.43. The van der Waals surface area contributed by atoms with E-state index >= 15 is 0 Å². The van der Waals surface area contributed by atoms with Crippen molar-refractivity contribution in [3.8, 4) is 0 Å². The summed E-state index contributed by atoms with van der Waals surface area (Å²) in [7, 11) is -3.16. The number of sulfonamides is 1. The van der Waals surface area contributed by atoms with Crippen LogP contribution >= 0.6 is 0 Å². The Morgan fingerprint density at radius 2 is 2.06 bits per heavy atom. The molecule has 0 bridgehead atoms. The first-order valence-electron chi connectivity index (χ1n) is 6.18. The van der Waals surface area contributed by atoms with Crippen LogP contribution in [-0.2, 0) is 10.0 Å². The monoisotopic (exact) mass is 269 g/mol. The lowest BCUT2D eigenvalue weighted by atomic mass is 10.0. The molecule has 1 heterocycles. The Bertz CT molecular complexity index is 486. The van der Waals surface area contributed by atoms with E-state index in [2.05, 4.69) is 0 Å². The van der Waals surface area contributed by atoms with E-state index in [9.17, 15) is 13.5 Å². The Hall–Kier alpha value is -0.910. The second-order valence-electron chi connectivity index (χ2n) is 4.83. The average Bonchev–Trinajstić information content (AvgIpc) is 2.78. The summed E-state index contributed by atoms with van der Waals surface area (Å²) >= 11 is 0. The molecular weight excluding hydrogens is 250 g/mol. The minimum atomic E-state index is -3.16. The highest BCUT2D eigenvalue weighted by Crippen LogP contribution is 2.28. The standard InChI is InChI=1S/C13H19NO3S/c1-18(16,17)14-9-5-8-12(14)10-13(15)11-6-3-2-4-7-11/h2-4,6-7,12-13,15H,5,8-10H2,1H3. The lowest BCUT2D eigenvalue weighted by molar-refractivity contribution is 0.142. The first-order valence-corrected chi connectivity index (χ1v) is 8.03. The number of nitrogens with zero attached hydrogens (tertiary/aromatic N) is 1. The second-order valence-corrected chi connectivity index (χ2v) is 6.77. The Morgan fingerprint density at radius 3 is 2.67 bits per heavy atom. The van der Waals surface area contributed by atoms with Gasteiger partial charge in [0, 0.05) is 12.6 Å². The van der Waals surface area contributed by atoms with Gasteiger partial charge in [-0.1, -0.05) is 30.3 Å². The molecule has 1 aliphatic rings. The van der Waals surface area contributed by atoms with Gasteiger partial charge in [-0.15, -0.1) is 0 Å². The van der Waals surface area contributed by atoms with Crippen LogP contribution in [0.4, 0.5) is 0 Å². The molecule has 0 amide bonds. The summed E-state index contributed by atoms with van der Waals surface area (Å²) in [6.45, 7) is 0.574. The highest BCUT2D eigenvalue weighted by Gasteiger charge is 2.32. The van der Waals surface area contributed by atoms with E-state index in [1.165, 1.54) is 10.6 Å². The molecule has 0 aromatic heterocycles. The molecule has 2 rings (SSSR count). The van der Waals surface area contributed by atoms with E-state index in [4.69, 9.17) is 0 Å². The van der Waals surface area contributed by atoms with Crippen LogP contribution in [-0.4, -0.2) is 36.7 Å². The van der Waals surface area contributed by atoms with Gasteiger partial charge in [0.05, 0.1) is 12.4 Å². The molecule has 1 aromatic rings. The topological polar surface area (TPSA) is 57.6 Å². The van der Waals surface area contributed by atoms with Gasteiger partial charge in [-0.3, -0.25) is 0 Å². The van der Waals surface area contributed by atoms with Crippen LogP contribution in [0.25, 0.3) is 0 Å². The molecule has 0 aliphatic carbocycles. The predicted octanol–water partition coefficient (Wildman–Crippen LogP) is 1.53. The molecule has 5 heteroatoms.